The summed E-state index contributed by atoms with van der Waals surface area (Å²) in [4.78, 5) is 22.8. The lowest BCUT2D eigenvalue weighted by Crippen LogP contribution is -2.41. The fraction of sp³-hybridized carbons (Fsp3) is 0.857. The number of carboxylic acid groups (broad SMARTS) is 1. The number of hydrogen-bond acceptors (Lipinski definition) is 3. The predicted octanol–water partition coefficient (Wildman–Crippen LogP) is 2.20. The molecule has 19 heavy (non-hydrogen) atoms. The molecule has 0 saturated heterocycles. The minimum absolute atomic E-state index is 0.00334. The number of nitrogens with one attached hydrogen (secondary N) is 1. The fourth-order valence-corrected chi connectivity index (χ4v) is 1.55. The second-order valence-electron chi connectivity index (χ2n) is 6.14. The summed E-state index contributed by atoms with van der Waals surface area (Å²) in [6, 6.07) is -0.801. The van der Waals surface area contributed by atoms with Gasteiger partial charge in [-0.1, -0.05) is 20.8 Å². The van der Waals surface area contributed by atoms with E-state index in [-0.39, 0.29) is 23.8 Å². The van der Waals surface area contributed by atoms with Gasteiger partial charge in [0.25, 0.3) is 0 Å². The Morgan fingerprint density at radius 2 is 1.84 bits per heavy atom. The third-order valence-electron chi connectivity index (χ3n) is 3.00. The Balaban J connectivity index is 4.20. The third-order valence-corrected chi connectivity index (χ3v) is 3.00. The minimum atomic E-state index is -0.975. The molecule has 2 unspecified atom stereocenters. The lowest BCUT2D eigenvalue weighted by molar-refractivity contribution is -0.142. The van der Waals surface area contributed by atoms with Crippen molar-refractivity contribution in [3.8, 4) is 0 Å². The molecule has 2 N–H and O–H groups in total. The molecule has 2 atom stereocenters. The average molecular weight is 273 g/mol. The van der Waals surface area contributed by atoms with E-state index in [4.69, 9.17) is 9.84 Å². The maximum absolute atomic E-state index is 11.7. The van der Waals surface area contributed by atoms with Crippen molar-refractivity contribution in [2.45, 2.75) is 65.5 Å². The SMILES string of the molecule is COC(C)CCC(=O)NC(CCC(C)(C)C)C(=O)O. The Bertz CT molecular complexity index is 296. The Morgan fingerprint density at radius 3 is 2.26 bits per heavy atom. The Hall–Kier alpha value is -1.10. The van der Waals surface area contributed by atoms with E-state index in [1.165, 1.54) is 0 Å². The van der Waals surface area contributed by atoms with Gasteiger partial charge in [-0.15, -0.1) is 0 Å². The first-order valence-electron chi connectivity index (χ1n) is 6.70. The molecule has 0 fully saturated rings. The van der Waals surface area contributed by atoms with E-state index in [0.29, 0.717) is 12.8 Å². The molecule has 5 heteroatoms. The van der Waals surface area contributed by atoms with Gasteiger partial charge in [0, 0.05) is 13.5 Å². The molecule has 0 aliphatic heterocycles. The highest BCUT2D eigenvalue weighted by atomic mass is 16.5. The summed E-state index contributed by atoms with van der Waals surface area (Å²) >= 11 is 0. The van der Waals surface area contributed by atoms with Crippen molar-refractivity contribution in [1.82, 2.24) is 5.32 Å². The monoisotopic (exact) mass is 273 g/mol. The standard InChI is InChI=1S/C14H27NO4/c1-10(19-5)6-7-12(16)15-11(13(17)18)8-9-14(2,3)4/h10-11H,6-9H2,1-5H3,(H,15,16)(H,17,18). The summed E-state index contributed by atoms with van der Waals surface area (Å²) in [7, 11) is 1.59. The van der Waals surface area contributed by atoms with Crippen LogP contribution >= 0.6 is 0 Å². The maximum Gasteiger partial charge on any atom is 0.326 e. The number of methoxy groups -OCH3 is 1. The molecule has 0 spiro atoms. The maximum atomic E-state index is 11.7. The zero-order chi connectivity index (χ0) is 15.1. The predicted molar refractivity (Wildman–Crippen MR) is 74.0 cm³/mol. The highest BCUT2D eigenvalue weighted by Crippen LogP contribution is 2.21. The summed E-state index contributed by atoms with van der Waals surface area (Å²) in [5.74, 6) is -1.21. The zero-order valence-corrected chi connectivity index (χ0v) is 12.7. The fourth-order valence-electron chi connectivity index (χ4n) is 1.55. The van der Waals surface area contributed by atoms with Gasteiger partial charge >= 0.3 is 5.97 Å². The van der Waals surface area contributed by atoms with Crippen LogP contribution in [0.15, 0.2) is 0 Å². The summed E-state index contributed by atoms with van der Waals surface area (Å²) in [5.41, 5.74) is 0.0585. The van der Waals surface area contributed by atoms with Crippen LogP contribution in [0, 0.1) is 5.41 Å². The summed E-state index contributed by atoms with van der Waals surface area (Å²) in [5, 5.41) is 11.7. The smallest absolute Gasteiger partial charge is 0.326 e. The molecule has 0 saturated carbocycles. The van der Waals surface area contributed by atoms with Crippen LogP contribution in [0.5, 0.6) is 0 Å². The van der Waals surface area contributed by atoms with Gasteiger partial charge in [-0.2, -0.15) is 0 Å². The lowest BCUT2D eigenvalue weighted by Gasteiger charge is -2.21. The number of carbonyl (C=O) groups is 2. The average Bonchev–Trinajstić information content (AvgIpc) is 2.29. The molecule has 0 aromatic rings. The van der Waals surface area contributed by atoms with Crippen LogP contribution in [0.2, 0.25) is 0 Å². The van der Waals surface area contributed by atoms with E-state index in [1.807, 2.05) is 27.7 Å². The van der Waals surface area contributed by atoms with Gasteiger partial charge in [-0.3, -0.25) is 4.79 Å². The molecular formula is C14H27NO4. The molecule has 0 aromatic carbocycles. The highest BCUT2D eigenvalue weighted by Gasteiger charge is 2.22. The van der Waals surface area contributed by atoms with Crippen molar-refractivity contribution >= 4 is 11.9 Å². The Labute approximate surface area is 115 Å². The summed E-state index contributed by atoms with van der Waals surface area (Å²) in [6.45, 7) is 8.03. The van der Waals surface area contributed by atoms with Crippen LogP contribution < -0.4 is 5.32 Å². The van der Waals surface area contributed by atoms with Gasteiger partial charge in [0.1, 0.15) is 6.04 Å². The number of ether oxygens (including phenoxy) is 1. The lowest BCUT2D eigenvalue weighted by atomic mass is 9.88. The molecule has 0 bridgehead atoms. The van der Waals surface area contributed by atoms with Crippen molar-refractivity contribution in [3.05, 3.63) is 0 Å². The van der Waals surface area contributed by atoms with Gasteiger partial charge < -0.3 is 15.2 Å². The van der Waals surface area contributed by atoms with Crippen LogP contribution in [0.25, 0.3) is 0 Å². The van der Waals surface area contributed by atoms with Crippen LogP contribution in [0.4, 0.5) is 0 Å². The van der Waals surface area contributed by atoms with Crippen LogP contribution in [-0.4, -0.2) is 36.2 Å². The van der Waals surface area contributed by atoms with Crippen molar-refractivity contribution in [2.75, 3.05) is 7.11 Å². The summed E-state index contributed by atoms with van der Waals surface area (Å²) in [6.07, 6.45) is 2.08. The highest BCUT2D eigenvalue weighted by molar-refractivity contribution is 5.83. The molecule has 0 aliphatic carbocycles. The Kier molecular flexibility index (Phi) is 7.68. The molecule has 0 radical (unpaired) electrons. The third kappa shape index (κ3) is 9.47. The molecule has 5 nitrogen and oxygen atoms in total. The van der Waals surface area contributed by atoms with Crippen molar-refractivity contribution in [1.29, 1.82) is 0 Å². The second-order valence-corrected chi connectivity index (χ2v) is 6.14. The first-order valence-corrected chi connectivity index (χ1v) is 6.70. The largest absolute Gasteiger partial charge is 0.480 e. The van der Waals surface area contributed by atoms with Crippen molar-refractivity contribution in [3.63, 3.8) is 0 Å². The normalized spacial score (nSPS) is 14.8. The van der Waals surface area contributed by atoms with E-state index in [9.17, 15) is 9.59 Å². The number of hydrogen-bond donors (Lipinski definition) is 2. The van der Waals surface area contributed by atoms with Crippen LogP contribution in [0.3, 0.4) is 0 Å². The molecular weight excluding hydrogens is 246 g/mol. The molecule has 0 rings (SSSR count). The number of amides is 1. The van der Waals surface area contributed by atoms with E-state index < -0.39 is 12.0 Å². The number of carbonyl (C=O) groups excluding carboxylic acids is 1. The van der Waals surface area contributed by atoms with Crippen LogP contribution in [-0.2, 0) is 14.3 Å². The van der Waals surface area contributed by atoms with E-state index in [1.54, 1.807) is 7.11 Å². The van der Waals surface area contributed by atoms with Gasteiger partial charge in [0.05, 0.1) is 6.10 Å². The van der Waals surface area contributed by atoms with Crippen molar-refractivity contribution < 1.29 is 19.4 Å². The molecule has 1 amide bonds. The van der Waals surface area contributed by atoms with Gasteiger partial charge in [-0.05, 0) is 31.6 Å². The quantitative estimate of drug-likeness (QED) is 0.711. The Morgan fingerprint density at radius 1 is 1.26 bits per heavy atom. The van der Waals surface area contributed by atoms with Gasteiger partial charge in [0.2, 0.25) is 5.91 Å². The molecule has 0 aliphatic rings. The van der Waals surface area contributed by atoms with Gasteiger partial charge in [0.15, 0.2) is 0 Å². The zero-order valence-electron chi connectivity index (χ0n) is 12.7. The minimum Gasteiger partial charge on any atom is -0.480 e. The van der Waals surface area contributed by atoms with E-state index in [2.05, 4.69) is 5.32 Å². The number of carboxylic acids is 1. The summed E-state index contributed by atoms with van der Waals surface area (Å²) < 4.78 is 5.05. The molecule has 0 heterocycles. The van der Waals surface area contributed by atoms with E-state index >= 15 is 0 Å². The first-order chi connectivity index (χ1) is 8.65. The first kappa shape index (κ1) is 17.9. The number of rotatable bonds is 8. The molecule has 112 valence electrons. The van der Waals surface area contributed by atoms with Crippen LogP contribution in [0.1, 0.15) is 53.4 Å². The topological polar surface area (TPSA) is 75.6 Å². The molecule has 0 aromatic heterocycles. The number of aliphatic carboxylic acids is 1. The van der Waals surface area contributed by atoms with Crippen molar-refractivity contribution in [2.24, 2.45) is 5.41 Å². The second kappa shape index (κ2) is 8.15. The van der Waals surface area contributed by atoms with E-state index in [0.717, 1.165) is 6.42 Å². The van der Waals surface area contributed by atoms with Gasteiger partial charge in [-0.25, -0.2) is 4.79 Å².